The highest BCUT2D eigenvalue weighted by atomic mass is 16.2. The van der Waals surface area contributed by atoms with E-state index < -0.39 is 0 Å². The SMILES string of the molecule is C=C/C=C1/CCN(C)C(=O)NC1=NC=C. The summed E-state index contributed by atoms with van der Waals surface area (Å²) < 4.78 is 0. The number of carbonyl (C=O) groups excluding carboxylic acids is 1. The molecule has 0 radical (unpaired) electrons. The summed E-state index contributed by atoms with van der Waals surface area (Å²) in [6.45, 7) is 7.82. The lowest BCUT2D eigenvalue weighted by Gasteiger charge is -2.11. The van der Waals surface area contributed by atoms with E-state index in [0.717, 1.165) is 12.0 Å². The molecule has 1 fully saturated rings. The van der Waals surface area contributed by atoms with Crippen LogP contribution in [0, 0.1) is 0 Å². The van der Waals surface area contributed by atoms with E-state index in [1.54, 1.807) is 18.0 Å². The molecule has 0 atom stereocenters. The highest BCUT2D eigenvalue weighted by molar-refractivity contribution is 6.08. The van der Waals surface area contributed by atoms with Crippen molar-refractivity contribution >= 4 is 11.9 Å². The number of hydrogen-bond donors (Lipinski definition) is 1. The largest absolute Gasteiger partial charge is 0.327 e. The maximum atomic E-state index is 11.5. The first-order valence-corrected chi connectivity index (χ1v) is 4.72. The fourth-order valence-corrected chi connectivity index (χ4v) is 1.30. The van der Waals surface area contributed by atoms with E-state index in [4.69, 9.17) is 0 Å². The molecule has 0 unspecified atom stereocenters. The molecule has 0 saturated carbocycles. The van der Waals surface area contributed by atoms with Gasteiger partial charge in [-0.2, -0.15) is 0 Å². The standard InChI is InChI=1S/C11H15N3O/c1-4-6-9-7-8-14(3)11(15)13-10(9)12-5-2/h4-6H,1-2,7-8H2,3H3,(H,12,13,15)/b9-6-. The first-order valence-electron chi connectivity index (χ1n) is 4.72. The summed E-state index contributed by atoms with van der Waals surface area (Å²) in [5, 5.41) is 2.71. The van der Waals surface area contributed by atoms with Crippen LogP contribution in [-0.2, 0) is 0 Å². The Labute approximate surface area is 89.7 Å². The predicted molar refractivity (Wildman–Crippen MR) is 61.7 cm³/mol. The Morgan fingerprint density at radius 3 is 2.87 bits per heavy atom. The first-order chi connectivity index (χ1) is 7.19. The Morgan fingerprint density at radius 1 is 1.53 bits per heavy atom. The van der Waals surface area contributed by atoms with Crippen molar-refractivity contribution in [2.45, 2.75) is 6.42 Å². The number of carbonyl (C=O) groups is 1. The summed E-state index contributed by atoms with van der Waals surface area (Å²) in [5.41, 5.74) is 0.961. The van der Waals surface area contributed by atoms with Gasteiger partial charge in [-0.05, 0) is 12.0 Å². The minimum absolute atomic E-state index is 0.150. The van der Waals surface area contributed by atoms with E-state index >= 15 is 0 Å². The monoisotopic (exact) mass is 205 g/mol. The molecular weight excluding hydrogens is 190 g/mol. The van der Waals surface area contributed by atoms with Crippen molar-refractivity contribution in [3.8, 4) is 0 Å². The van der Waals surface area contributed by atoms with Gasteiger partial charge in [-0.15, -0.1) is 0 Å². The lowest BCUT2D eigenvalue weighted by molar-refractivity contribution is 0.216. The molecule has 80 valence electrons. The molecule has 1 aliphatic heterocycles. The molecule has 1 rings (SSSR count). The fraction of sp³-hybridized carbons (Fsp3) is 0.273. The zero-order valence-corrected chi connectivity index (χ0v) is 8.86. The number of hydrogen-bond acceptors (Lipinski definition) is 2. The lowest BCUT2D eigenvalue weighted by atomic mass is 10.1. The molecule has 4 heteroatoms. The van der Waals surface area contributed by atoms with Gasteiger partial charge in [0.2, 0.25) is 0 Å². The second-order valence-electron chi connectivity index (χ2n) is 3.19. The molecule has 0 spiro atoms. The first kappa shape index (κ1) is 11.2. The second-order valence-corrected chi connectivity index (χ2v) is 3.19. The van der Waals surface area contributed by atoms with Gasteiger partial charge >= 0.3 is 6.03 Å². The summed E-state index contributed by atoms with van der Waals surface area (Å²) in [6, 6.07) is -0.150. The molecule has 1 aliphatic rings. The summed E-state index contributed by atoms with van der Waals surface area (Å²) >= 11 is 0. The molecule has 1 heterocycles. The van der Waals surface area contributed by atoms with Crippen LogP contribution in [0.5, 0.6) is 0 Å². The van der Waals surface area contributed by atoms with Crippen molar-refractivity contribution in [2.24, 2.45) is 4.99 Å². The predicted octanol–water partition coefficient (Wildman–Crippen LogP) is 1.69. The summed E-state index contributed by atoms with van der Waals surface area (Å²) in [7, 11) is 1.75. The average molecular weight is 205 g/mol. The molecule has 0 bridgehead atoms. The quantitative estimate of drug-likeness (QED) is 0.732. The van der Waals surface area contributed by atoms with Crippen LogP contribution < -0.4 is 5.32 Å². The van der Waals surface area contributed by atoms with Crippen LogP contribution in [0.2, 0.25) is 0 Å². The minimum Gasteiger partial charge on any atom is -0.327 e. The second kappa shape index (κ2) is 5.14. The molecule has 1 N–H and O–H groups in total. The number of rotatable bonds is 2. The van der Waals surface area contributed by atoms with E-state index in [0.29, 0.717) is 12.4 Å². The normalized spacial score (nSPS) is 22.5. The Balaban J connectivity index is 3.01. The smallest absolute Gasteiger partial charge is 0.322 e. The number of amidine groups is 1. The highest BCUT2D eigenvalue weighted by Crippen LogP contribution is 2.09. The molecule has 0 aliphatic carbocycles. The molecule has 2 amide bonds. The van der Waals surface area contributed by atoms with Crippen molar-refractivity contribution in [2.75, 3.05) is 13.6 Å². The Kier molecular flexibility index (Phi) is 3.85. The van der Waals surface area contributed by atoms with E-state index in [-0.39, 0.29) is 6.03 Å². The minimum atomic E-state index is -0.150. The zero-order valence-electron chi connectivity index (χ0n) is 8.86. The van der Waals surface area contributed by atoms with E-state index in [9.17, 15) is 4.79 Å². The topological polar surface area (TPSA) is 44.7 Å². The van der Waals surface area contributed by atoms with Crippen LogP contribution in [0.15, 0.2) is 42.1 Å². The summed E-state index contributed by atoms with van der Waals surface area (Å²) in [6.07, 6.45) is 5.71. The van der Waals surface area contributed by atoms with Crippen molar-refractivity contribution < 1.29 is 4.79 Å². The van der Waals surface area contributed by atoms with Gasteiger partial charge in [0.1, 0.15) is 5.84 Å². The molecule has 15 heavy (non-hydrogen) atoms. The maximum absolute atomic E-state index is 11.5. The molecule has 0 aromatic carbocycles. The van der Waals surface area contributed by atoms with Crippen molar-refractivity contribution in [1.29, 1.82) is 0 Å². The van der Waals surface area contributed by atoms with Crippen LogP contribution in [0.3, 0.4) is 0 Å². The van der Waals surface area contributed by atoms with Crippen LogP contribution >= 0.6 is 0 Å². The number of urea groups is 1. The summed E-state index contributed by atoms with van der Waals surface area (Å²) in [5.74, 6) is 0.555. The van der Waals surface area contributed by atoms with Gasteiger partial charge in [0.15, 0.2) is 0 Å². The molecule has 0 aromatic heterocycles. The third-order valence-electron chi connectivity index (χ3n) is 2.13. The lowest BCUT2D eigenvalue weighted by Crippen LogP contribution is -2.37. The Bertz CT molecular complexity index is 342. The van der Waals surface area contributed by atoms with Crippen molar-refractivity contribution in [1.82, 2.24) is 10.2 Å². The molecular formula is C11H15N3O. The van der Waals surface area contributed by atoms with Gasteiger partial charge in [-0.1, -0.05) is 25.3 Å². The Hall–Kier alpha value is -1.84. The molecule has 0 aromatic rings. The van der Waals surface area contributed by atoms with E-state index in [2.05, 4.69) is 23.5 Å². The van der Waals surface area contributed by atoms with Crippen LogP contribution in [0.25, 0.3) is 0 Å². The van der Waals surface area contributed by atoms with Gasteiger partial charge < -0.3 is 4.90 Å². The fourth-order valence-electron chi connectivity index (χ4n) is 1.30. The molecule has 4 nitrogen and oxygen atoms in total. The van der Waals surface area contributed by atoms with Crippen LogP contribution in [-0.4, -0.2) is 30.4 Å². The third-order valence-corrected chi connectivity index (χ3v) is 2.13. The summed E-state index contributed by atoms with van der Waals surface area (Å²) in [4.78, 5) is 17.1. The van der Waals surface area contributed by atoms with Gasteiger partial charge in [0.05, 0.1) is 0 Å². The Morgan fingerprint density at radius 2 is 2.27 bits per heavy atom. The highest BCUT2D eigenvalue weighted by Gasteiger charge is 2.18. The van der Waals surface area contributed by atoms with E-state index in [1.807, 2.05) is 6.08 Å². The van der Waals surface area contributed by atoms with Crippen LogP contribution in [0.4, 0.5) is 4.79 Å². The van der Waals surface area contributed by atoms with E-state index in [1.165, 1.54) is 6.20 Å². The zero-order chi connectivity index (χ0) is 11.3. The molecule has 1 saturated heterocycles. The van der Waals surface area contributed by atoms with Gasteiger partial charge in [-0.3, -0.25) is 5.32 Å². The average Bonchev–Trinajstić information content (AvgIpc) is 2.33. The van der Waals surface area contributed by atoms with Gasteiger partial charge in [0, 0.05) is 19.8 Å². The number of nitrogens with one attached hydrogen (secondary N) is 1. The third kappa shape index (κ3) is 2.80. The number of aliphatic imine (C=N–C) groups is 1. The van der Waals surface area contributed by atoms with Gasteiger partial charge in [0.25, 0.3) is 0 Å². The maximum Gasteiger partial charge on any atom is 0.322 e. The number of amides is 2. The van der Waals surface area contributed by atoms with Crippen molar-refractivity contribution in [3.63, 3.8) is 0 Å². The number of nitrogens with zero attached hydrogens (tertiary/aromatic N) is 2. The van der Waals surface area contributed by atoms with Gasteiger partial charge in [-0.25, -0.2) is 9.79 Å². The van der Waals surface area contributed by atoms with Crippen LogP contribution in [0.1, 0.15) is 6.42 Å². The van der Waals surface area contributed by atoms with Crippen molar-refractivity contribution in [3.05, 3.63) is 37.1 Å². The number of allylic oxidation sites excluding steroid dienone is 2.